The molecule has 5 rings (SSSR count). The smallest absolute Gasteiger partial charge is 0.324 e. The van der Waals surface area contributed by atoms with Crippen LogP contribution >= 0.6 is 0 Å². The minimum absolute atomic E-state index is 0.0521. The number of halogens is 3. The summed E-state index contributed by atoms with van der Waals surface area (Å²) in [4.78, 5) is 12.4. The highest BCUT2D eigenvalue weighted by Crippen LogP contribution is 2.43. The van der Waals surface area contributed by atoms with Gasteiger partial charge in [-0.05, 0) is 43.2 Å². The summed E-state index contributed by atoms with van der Waals surface area (Å²) < 4.78 is 66.4. The van der Waals surface area contributed by atoms with Crippen LogP contribution in [0.4, 0.5) is 24.8 Å². The van der Waals surface area contributed by atoms with Crippen molar-refractivity contribution < 1.29 is 21.6 Å². The normalized spacial score (nSPS) is 14.5. The summed E-state index contributed by atoms with van der Waals surface area (Å²) in [6, 6.07) is 12.5. The molecule has 0 bridgehead atoms. The third-order valence-electron chi connectivity index (χ3n) is 5.23. The van der Waals surface area contributed by atoms with Crippen molar-refractivity contribution >= 4 is 32.7 Å². The number of primary sulfonamides is 1. The van der Waals surface area contributed by atoms with Gasteiger partial charge in [-0.15, -0.1) is 0 Å². The van der Waals surface area contributed by atoms with Crippen molar-refractivity contribution in [3.63, 3.8) is 0 Å². The third-order valence-corrected chi connectivity index (χ3v) is 6.14. The molecule has 0 aliphatic heterocycles. The zero-order valence-electron chi connectivity index (χ0n) is 16.9. The number of fused-ring (bicyclic) bond motifs is 1. The van der Waals surface area contributed by atoms with Gasteiger partial charge < -0.3 is 5.32 Å². The van der Waals surface area contributed by atoms with Gasteiger partial charge in [0.15, 0.2) is 5.82 Å². The summed E-state index contributed by atoms with van der Waals surface area (Å²) in [5, 5.41) is 7.92. The molecule has 8 nitrogen and oxygen atoms in total. The zero-order valence-corrected chi connectivity index (χ0v) is 17.7. The van der Waals surface area contributed by atoms with Crippen molar-refractivity contribution in [2.45, 2.75) is 29.8 Å². The van der Waals surface area contributed by atoms with E-state index in [0.717, 1.165) is 12.8 Å². The van der Waals surface area contributed by atoms with E-state index in [1.54, 1.807) is 24.3 Å². The lowest BCUT2D eigenvalue weighted by atomic mass is 10.2. The summed E-state index contributed by atoms with van der Waals surface area (Å²) in [7, 11) is -3.96. The molecular formula is C21H17F3N6O2S. The Labute approximate surface area is 186 Å². The predicted molar refractivity (Wildman–Crippen MR) is 115 cm³/mol. The molecule has 2 aromatic heterocycles. The maximum absolute atomic E-state index is 13.9. The molecular weight excluding hydrogens is 457 g/mol. The number of nitrogens with zero attached hydrogens (tertiary/aromatic N) is 4. The van der Waals surface area contributed by atoms with Crippen LogP contribution in [0.15, 0.2) is 59.6 Å². The van der Waals surface area contributed by atoms with Gasteiger partial charge in [0.1, 0.15) is 11.4 Å². The van der Waals surface area contributed by atoms with E-state index in [-0.39, 0.29) is 28.3 Å². The summed E-state index contributed by atoms with van der Waals surface area (Å²) in [6.45, 7) is 0. The van der Waals surface area contributed by atoms with Gasteiger partial charge in [0, 0.05) is 17.8 Å². The lowest BCUT2D eigenvalue weighted by Gasteiger charge is -2.16. The van der Waals surface area contributed by atoms with Crippen LogP contribution < -0.4 is 10.5 Å². The van der Waals surface area contributed by atoms with Gasteiger partial charge in [0.25, 0.3) is 0 Å². The molecule has 0 radical (unpaired) electrons. The topological polar surface area (TPSA) is 116 Å². The molecule has 2 aromatic carbocycles. The number of sulfonamides is 1. The van der Waals surface area contributed by atoms with Gasteiger partial charge in [0.2, 0.25) is 16.0 Å². The monoisotopic (exact) mass is 474 g/mol. The number of nitrogens with two attached hydrogens (primary N) is 1. The van der Waals surface area contributed by atoms with Crippen molar-refractivity contribution in [1.82, 2.24) is 19.5 Å². The van der Waals surface area contributed by atoms with Gasteiger partial charge in [-0.25, -0.2) is 23.5 Å². The quantitative estimate of drug-likeness (QED) is 0.450. The number of imidazole rings is 1. The number of hydrogen-bond acceptors (Lipinski definition) is 6. The standard InChI is InChI=1S/C21H17F3N6O2S/c22-21(23,24)15-11-26-20(27-13-4-3-5-14(10-13)33(25,31)32)29-19(15)30-17-7-2-1-6-16(17)28-18(30)12-8-9-12/h1-7,10-12H,8-9H2,(H2,25,31,32)(H,26,27,29). The molecule has 0 amide bonds. The second-order valence-corrected chi connectivity index (χ2v) is 9.26. The Kier molecular flexibility index (Phi) is 4.87. The van der Waals surface area contributed by atoms with Crippen molar-refractivity contribution in [1.29, 1.82) is 0 Å². The number of para-hydroxylation sites is 2. The number of alkyl halides is 3. The maximum Gasteiger partial charge on any atom is 0.421 e. The SMILES string of the molecule is NS(=O)(=O)c1cccc(Nc2ncc(C(F)(F)F)c(-n3c(C4CC4)nc4ccccc43)n2)c1. The second kappa shape index (κ2) is 7.52. The Hall–Kier alpha value is -3.51. The molecule has 1 aliphatic carbocycles. The number of hydrogen-bond donors (Lipinski definition) is 2. The van der Waals surface area contributed by atoms with Crippen LogP contribution in [0.25, 0.3) is 16.9 Å². The van der Waals surface area contributed by atoms with E-state index < -0.39 is 21.8 Å². The summed E-state index contributed by atoms with van der Waals surface area (Å²) in [5.74, 6) is 0.0844. The number of anilines is 2. The number of benzene rings is 2. The van der Waals surface area contributed by atoms with Crippen LogP contribution in [-0.2, 0) is 16.2 Å². The second-order valence-electron chi connectivity index (χ2n) is 7.69. The van der Waals surface area contributed by atoms with Gasteiger partial charge in [0.05, 0.1) is 15.9 Å². The Bertz CT molecular complexity index is 1480. The van der Waals surface area contributed by atoms with Crippen LogP contribution in [0.2, 0.25) is 0 Å². The molecule has 0 atom stereocenters. The Balaban J connectivity index is 1.66. The molecule has 0 unspecified atom stereocenters. The van der Waals surface area contributed by atoms with Gasteiger partial charge in [-0.1, -0.05) is 18.2 Å². The first kappa shape index (κ1) is 21.3. The average molecular weight is 474 g/mol. The fourth-order valence-corrected chi connectivity index (χ4v) is 4.13. The molecule has 1 saturated carbocycles. The van der Waals surface area contributed by atoms with E-state index in [4.69, 9.17) is 5.14 Å². The maximum atomic E-state index is 13.9. The molecule has 170 valence electrons. The minimum atomic E-state index is -4.70. The minimum Gasteiger partial charge on any atom is -0.324 e. The van der Waals surface area contributed by atoms with Crippen LogP contribution in [0.3, 0.4) is 0 Å². The summed E-state index contributed by atoms with van der Waals surface area (Å²) in [6.07, 6.45) is -2.32. The van der Waals surface area contributed by atoms with E-state index in [0.29, 0.717) is 23.1 Å². The highest BCUT2D eigenvalue weighted by Gasteiger charge is 2.38. The largest absolute Gasteiger partial charge is 0.421 e. The molecule has 0 saturated heterocycles. The zero-order chi connectivity index (χ0) is 23.4. The van der Waals surface area contributed by atoms with Gasteiger partial charge >= 0.3 is 6.18 Å². The average Bonchev–Trinajstić information content (AvgIpc) is 3.52. The molecule has 1 aliphatic rings. The highest BCUT2D eigenvalue weighted by molar-refractivity contribution is 7.89. The van der Waals surface area contributed by atoms with Crippen LogP contribution in [0.5, 0.6) is 0 Å². The van der Waals surface area contributed by atoms with E-state index in [9.17, 15) is 21.6 Å². The number of rotatable bonds is 5. The van der Waals surface area contributed by atoms with E-state index >= 15 is 0 Å². The van der Waals surface area contributed by atoms with Crippen molar-refractivity contribution in [3.8, 4) is 5.82 Å². The molecule has 12 heteroatoms. The van der Waals surface area contributed by atoms with E-state index in [1.807, 2.05) is 0 Å². The molecule has 0 spiro atoms. The van der Waals surface area contributed by atoms with Gasteiger partial charge in [-0.3, -0.25) is 4.57 Å². The van der Waals surface area contributed by atoms with Crippen LogP contribution in [-0.4, -0.2) is 27.9 Å². The third kappa shape index (κ3) is 4.14. The molecule has 4 aromatic rings. The van der Waals surface area contributed by atoms with Crippen molar-refractivity contribution in [2.75, 3.05) is 5.32 Å². The number of aromatic nitrogens is 4. The Morgan fingerprint density at radius 2 is 1.82 bits per heavy atom. The summed E-state index contributed by atoms with van der Waals surface area (Å²) in [5.41, 5.74) is 0.328. The molecule has 1 fully saturated rings. The fraction of sp³-hybridized carbons (Fsp3) is 0.190. The van der Waals surface area contributed by atoms with Crippen LogP contribution in [0, 0.1) is 0 Å². The van der Waals surface area contributed by atoms with E-state index in [1.165, 1.54) is 28.8 Å². The predicted octanol–water partition coefficient (Wildman–Crippen LogP) is 4.10. The lowest BCUT2D eigenvalue weighted by molar-refractivity contribution is -0.137. The Morgan fingerprint density at radius 1 is 1.06 bits per heavy atom. The van der Waals surface area contributed by atoms with E-state index in [2.05, 4.69) is 20.3 Å². The summed E-state index contributed by atoms with van der Waals surface area (Å²) >= 11 is 0. The van der Waals surface area contributed by atoms with Crippen LogP contribution in [0.1, 0.15) is 30.1 Å². The molecule has 33 heavy (non-hydrogen) atoms. The highest BCUT2D eigenvalue weighted by atomic mass is 32.2. The Morgan fingerprint density at radius 3 is 2.52 bits per heavy atom. The first-order valence-electron chi connectivity index (χ1n) is 9.93. The van der Waals surface area contributed by atoms with Gasteiger partial charge in [-0.2, -0.15) is 18.2 Å². The number of nitrogens with one attached hydrogen (secondary N) is 1. The molecule has 2 heterocycles. The first-order valence-corrected chi connectivity index (χ1v) is 11.5. The van der Waals surface area contributed by atoms with Crippen molar-refractivity contribution in [3.05, 3.63) is 66.1 Å². The first-order chi connectivity index (χ1) is 15.6. The van der Waals surface area contributed by atoms with Crippen molar-refractivity contribution in [2.24, 2.45) is 5.14 Å². The lowest BCUT2D eigenvalue weighted by Crippen LogP contribution is -2.16. The molecule has 3 N–H and O–H groups in total. The fourth-order valence-electron chi connectivity index (χ4n) is 3.57.